The molecule has 7 heteroatoms. The standard InChI is InChI=1S/C13H18ClN3O3/c1-17(8-13(19)16-6-12(15)18)7-9-5-10(14)3-4-11(9)20-2/h3-5H,6-8H2,1-2H3,(H2,15,18)(H,16,19). The van der Waals surface area contributed by atoms with Gasteiger partial charge in [0.05, 0.1) is 20.2 Å². The Kier molecular flexibility index (Phi) is 6.27. The number of hydrogen-bond acceptors (Lipinski definition) is 4. The first kappa shape index (κ1) is 16.3. The first-order valence-corrected chi connectivity index (χ1v) is 6.36. The van der Waals surface area contributed by atoms with E-state index in [2.05, 4.69) is 5.32 Å². The molecule has 3 N–H and O–H groups in total. The molecular formula is C13H18ClN3O3. The molecule has 1 rings (SSSR count). The molecule has 0 radical (unpaired) electrons. The number of ether oxygens (including phenoxy) is 1. The zero-order valence-corrected chi connectivity index (χ0v) is 12.2. The number of halogens is 1. The van der Waals surface area contributed by atoms with Crippen LogP contribution in [0, 0.1) is 0 Å². The van der Waals surface area contributed by atoms with Crippen LogP contribution in [0.15, 0.2) is 18.2 Å². The number of primary amides is 1. The lowest BCUT2D eigenvalue weighted by Crippen LogP contribution is -2.39. The number of nitrogens with one attached hydrogen (secondary N) is 1. The maximum absolute atomic E-state index is 11.6. The molecule has 6 nitrogen and oxygen atoms in total. The predicted molar refractivity (Wildman–Crippen MR) is 76.5 cm³/mol. The van der Waals surface area contributed by atoms with Gasteiger partial charge in [-0.05, 0) is 25.2 Å². The maximum atomic E-state index is 11.6. The number of carbonyl (C=O) groups excluding carboxylic acids is 2. The third-order valence-electron chi connectivity index (χ3n) is 2.56. The van der Waals surface area contributed by atoms with E-state index in [4.69, 9.17) is 22.1 Å². The van der Waals surface area contributed by atoms with Crippen molar-refractivity contribution < 1.29 is 14.3 Å². The van der Waals surface area contributed by atoms with Crippen molar-refractivity contribution in [3.8, 4) is 5.75 Å². The zero-order valence-electron chi connectivity index (χ0n) is 11.5. The Labute approximate surface area is 122 Å². The summed E-state index contributed by atoms with van der Waals surface area (Å²) in [5.41, 5.74) is 5.83. The number of benzene rings is 1. The van der Waals surface area contributed by atoms with Gasteiger partial charge in [-0.2, -0.15) is 0 Å². The summed E-state index contributed by atoms with van der Waals surface area (Å²) in [5.74, 6) is -0.136. The Morgan fingerprint density at radius 1 is 1.45 bits per heavy atom. The Bertz CT molecular complexity index is 494. The lowest BCUT2D eigenvalue weighted by atomic mass is 10.2. The summed E-state index contributed by atoms with van der Waals surface area (Å²) in [5, 5.41) is 3.03. The molecule has 0 fully saturated rings. The van der Waals surface area contributed by atoms with Crippen molar-refractivity contribution in [2.75, 3.05) is 27.2 Å². The van der Waals surface area contributed by atoms with E-state index < -0.39 is 5.91 Å². The van der Waals surface area contributed by atoms with Gasteiger partial charge < -0.3 is 15.8 Å². The molecule has 0 spiro atoms. The van der Waals surface area contributed by atoms with E-state index in [1.165, 1.54) is 0 Å². The summed E-state index contributed by atoms with van der Waals surface area (Å²) in [6.45, 7) is 0.476. The van der Waals surface area contributed by atoms with Crippen molar-refractivity contribution in [2.24, 2.45) is 5.73 Å². The molecule has 2 amide bonds. The van der Waals surface area contributed by atoms with Crippen LogP contribution < -0.4 is 15.8 Å². The monoisotopic (exact) mass is 299 g/mol. The molecule has 110 valence electrons. The van der Waals surface area contributed by atoms with Gasteiger partial charge in [0.2, 0.25) is 11.8 Å². The molecule has 0 aliphatic heterocycles. The van der Waals surface area contributed by atoms with E-state index in [9.17, 15) is 9.59 Å². The average Bonchev–Trinajstić information content (AvgIpc) is 2.36. The molecule has 0 bridgehead atoms. The number of carbonyl (C=O) groups is 2. The number of amides is 2. The first-order valence-electron chi connectivity index (χ1n) is 5.98. The van der Waals surface area contributed by atoms with Crippen LogP contribution in [0.5, 0.6) is 5.75 Å². The van der Waals surface area contributed by atoms with Crippen LogP contribution in [0.3, 0.4) is 0 Å². The Morgan fingerprint density at radius 2 is 2.15 bits per heavy atom. The topological polar surface area (TPSA) is 84.7 Å². The molecule has 0 aromatic heterocycles. The van der Waals surface area contributed by atoms with E-state index in [1.807, 2.05) is 0 Å². The van der Waals surface area contributed by atoms with Crippen LogP contribution in [0.2, 0.25) is 5.02 Å². The molecule has 1 aromatic carbocycles. The molecule has 0 aliphatic rings. The van der Waals surface area contributed by atoms with E-state index in [-0.39, 0.29) is 19.0 Å². The molecule has 0 aliphatic carbocycles. The van der Waals surface area contributed by atoms with E-state index in [0.717, 1.165) is 5.56 Å². The van der Waals surface area contributed by atoms with Crippen LogP contribution in [0.4, 0.5) is 0 Å². The highest BCUT2D eigenvalue weighted by molar-refractivity contribution is 6.30. The third-order valence-corrected chi connectivity index (χ3v) is 2.79. The lowest BCUT2D eigenvalue weighted by Gasteiger charge is -2.18. The Balaban J connectivity index is 2.57. The van der Waals surface area contributed by atoms with E-state index in [1.54, 1.807) is 37.3 Å². The Morgan fingerprint density at radius 3 is 2.75 bits per heavy atom. The Hall–Kier alpha value is -1.79. The number of nitrogens with zero attached hydrogens (tertiary/aromatic N) is 1. The number of rotatable bonds is 7. The van der Waals surface area contributed by atoms with Gasteiger partial charge in [0, 0.05) is 17.1 Å². The highest BCUT2D eigenvalue weighted by Gasteiger charge is 2.11. The van der Waals surface area contributed by atoms with Crippen LogP contribution in [0.1, 0.15) is 5.56 Å². The first-order chi connectivity index (χ1) is 9.42. The second kappa shape index (κ2) is 7.72. The fourth-order valence-corrected chi connectivity index (χ4v) is 1.90. The molecule has 20 heavy (non-hydrogen) atoms. The quantitative estimate of drug-likeness (QED) is 0.762. The van der Waals surface area contributed by atoms with Crippen molar-refractivity contribution in [3.05, 3.63) is 28.8 Å². The molecule has 0 heterocycles. The van der Waals surface area contributed by atoms with Crippen LogP contribution in [0.25, 0.3) is 0 Å². The van der Waals surface area contributed by atoms with Crippen molar-refractivity contribution >= 4 is 23.4 Å². The fraction of sp³-hybridized carbons (Fsp3) is 0.385. The largest absolute Gasteiger partial charge is 0.496 e. The predicted octanol–water partition coefficient (Wildman–Crippen LogP) is 0.382. The van der Waals surface area contributed by atoms with Gasteiger partial charge in [-0.25, -0.2) is 0 Å². The smallest absolute Gasteiger partial charge is 0.236 e. The molecule has 0 unspecified atom stereocenters. The van der Waals surface area contributed by atoms with Gasteiger partial charge in [0.25, 0.3) is 0 Å². The number of methoxy groups -OCH3 is 1. The van der Waals surface area contributed by atoms with Gasteiger partial charge in [0.15, 0.2) is 0 Å². The summed E-state index contributed by atoms with van der Waals surface area (Å²) in [7, 11) is 3.36. The van der Waals surface area contributed by atoms with Crippen LogP contribution in [-0.2, 0) is 16.1 Å². The summed E-state index contributed by atoms with van der Waals surface area (Å²) >= 11 is 5.94. The van der Waals surface area contributed by atoms with Crippen molar-refractivity contribution in [3.63, 3.8) is 0 Å². The maximum Gasteiger partial charge on any atom is 0.236 e. The minimum Gasteiger partial charge on any atom is -0.496 e. The van der Waals surface area contributed by atoms with Gasteiger partial charge in [0.1, 0.15) is 5.75 Å². The van der Waals surface area contributed by atoms with E-state index >= 15 is 0 Å². The van der Waals surface area contributed by atoms with Crippen molar-refractivity contribution in [2.45, 2.75) is 6.54 Å². The second-order valence-electron chi connectivity index (χ2n) is 4.37. The van der Waals surface area contributed by atoms with Gasteiger partial charge in [-0.3, -0.25) is 14.5 Å². The summed E-state index contributed by atoms with van der Waals surface area (Å²) in [6.07, 6.45) is 0. The zero-order chi connectivity index (χ0) is 15.1. The highest BCUT2D eigenvalue weighted by atomic mass is 35.5. The molecule has 1 aromatic rings. The molecule has 0 saturated carbocycles. The minimum atomic E-state index is -0.572. The lowest BCUT2D eigenvalue weighted by molar-refractivity contribution is -0.125. The highest BCUT2D eigenvalue weighted by Crippen LogP contribution is 2.23. The third kappa shape index (κ3) is 5.46. The van der Waals surface area contributed by atoms with E-state index in [0.29, 0.717) is 17.3 Å². The molecule has 0 atom stereocenters. The normalized spacial score (nSPS) is 10.4. The van der Waals surface area contributed by atoms with Gasteiger partial charge in [-0.15, -0.1) is 0 Å². The SMILES string of the molecule is COc1ccc(Cl)cc1CN(C)CC(=O)NCC(N)=O. The summed E-state index contributed by atoms with van der Waals surface area (Å²) < 4.78 is 5.24. The van der Waals surface area contributed by atoms with Crippen molar-refractivity contribution in [1.29, 1.82) is 0 Å². The minimum absolute atomic E-state index is 0.142. The van der Waals surface area contributed by atoms with Gasteiger partial charge in [-0.1, -0.05) is 11.6 Å². The summed E-state index contributed by atoms with van der Waals surface area (Å²) in [4.78, 5) is 23.9. The molecular weight excluding hydrogens is 282 g/mol. The van der Waals surface area contributed by atoms with Gasteiger partial charge >= 0.3 is 0 Å². The number of hydrogen-bond donors (Lipinski definition) is 2. The summed E-state index contributed by atoms with van der Waals surface area (Å²) in [6, 6.07) is 5.31. The number of nitrogens with two attached hydrogens (primary N) is 1. The average molecular weight is 300 g/mol. The van der Waals surface area contributed by atoms with Crippen LogP contribution in [-0.4, -0.2) is 44.0 Å². The number of likely N-dealkylation sites (N-methyl/N-ethyl adjacent to an activating group) is 1. The van der Waals surface area contributed by atoms with Crippen molar-refractivity contribution in [1.82, 2.24) is 10.2 Å². The fourth-order valence-electron chi connectivity index (χ4n) is 1.70. The second-order valence-corrected chi connectivity index (χ2v) is 4.81. The molecule has 0 saturated heterocycles. The van der Waals surface area contributed by atoms with Crippen LogP contribution >= 0.6 is 11.6 Å².